The summed E-state index contributed by atoms with van der Waals surface area (Å²) in [7, 11) is 0. The number of nitrogens with one attached hydrogen (secondary N) is 1. The smallest absolute Gasteiger partial charge is 0.250 e. The number of amides is 2. The Kier molecular flexibility index (Phi) is 4.53. The predicted molar refractivity (Wildman–Crippen MR) is 115 cm³/mol. The second kappa shape index (κ2) is 7.11. The molecule has 2 bridgehead atoms. The van der Waals surface area contributed by atoms with Gasteiger partial charge >= 0.3 is 0 Å². The number of hydrogen-bond donors (Lipinski definition) is 2. The highest BCUT2D eigenvalue weighted by atomic mass is 16.2. The molecule has 1 aromatic carbocycles. The molecule has 30 heavy (non-hydrogen) atoms. The lowest BCUT2D eigenvalue weighted by Gasteiger charge is -2.40. The third-order valence-electron chi connectivity index (χ3n) is 7.15. The van der Waals surface area contributed by atoms with E-state index in [-0.39, 0.29) is 17.4 Å². The lowest BCUT2D eigenvalue weighted by Crippen LogP contribution is -2.52. The molecule has 6 heteroatoms. The lowest BCUT2D eigenvalue weighted by atomic mass is 9.92. The van der Waals surface area contributed by atoms with Crippen molar-refractivity contribution in [1.82, 2.24) is 10.3 Å². The van der Waals surface area contributed by atoms with E-state index in [2.05, 4.69) is 46.4 Å². The minimum atomic E-state index is -0.457. The molecule has 2 unspecified atom stereocenters. The van der Waals surface area contributed by atoms with Gasteiger partial charge in [0.15, 0.2) is 0 Å². The first-order valence-electron chi connectivity index (χ1n) is 10.9. The third kappa shape index (κ3) is 3.24. The van der Waals surface area contributed by atoms with Crippen molar-refractivity contribution in [3.8, 4) is 0 Å². The number of benzene rings is 1. The normalized spacial score (nSPS) is 26.3. The molecule has 2 amide bonds. The van der Waals surface area contributed by atoms with Crippen molar-refractivity contribution < 1.29 is 9.59 Å². The van der Waals surface area contributed by atoms with Crippen molar-refractivity contribution in [3.05, 3.63) is 59.3 Å². The van der Waals surface area contributed by atoms with E-state index in [1.165, 1.54) is 5.56 Å². The number of rotatable bonds is 5. The van der Waals surface area contributed by atoms with Crippen molar-refractivity contribution in [2.75, 3.05) is 4.90 Å². The molecule has 156 valence electrons. The third-order valence-corrected chi connectivity index (χ3v) is 7.15. The molecule has 1 aromatic heterocycles. The van der Waals surface area contributed by atoms with Gasteiger partial charge in [-0.25, -0.2) is 4.98 Å². The van der Waals surface area contributed by atoms with Crippen LogP contribution in [0.4, 0.5) is 5.82 Å². The molecule has 1 saturated carbocycles. The summed E-state index contributed by atoms with van der Waals surface area (Å²) in [5.41, 5.74) is 7.80. The van der Waals surface area contributed by atoms with Gasteiger partial charge in [0.2, 0.25) is 11.8 Å². The number of aromatic nitrogens is 1. The minimum Gasteiger partial charge on any atom is -0.366 e. The summed E-state index contributed by atoms with van der Waals surface area (Å²) in [6, 6.07) is 13.0. The molecule has 3 heterocycles. The maximum absolute atomic E-state index is 13.2. The van der Waals surface area contributed by atoms with Crippen LogP contribution in [-0.2, 0) is 10.2 Å². The van der Waals surface area contributed by atoms with Gasteiger partial charge in [-0.15, -0.1) is 0 Å². The molecular formula is C24H28N4O2. The number of primary amides is 1. The molecular weight excluding hydrogens is 376 g/mol. The van der Waals surface area contributed by atoms with Gasteiger partial charge in [0.25, 0.3) is 0 Å². The largest absolute Gasteiger partial charge is 0.366 e. The molecule has 2 aromatic rings. The number of carbonyl (C=O) groups excluding carboxylic acids is 2. The second-order valence-corrected chi connectivity index (χ2v) is 9.15. The summed E-state index contributed by atoms with van der Waals surface area (Å²) in [4.78, 5) is 31.4. The van der Waals surface area contributed by atoms with E-state index in [9.17, 15) is 9.59 Å². The van der Waals surface area contributed by atoms with Crippen LogP contribution in [0.2, 0.25) is 0 Å². The molecule has 1 aliphatic carbocycles. The molecule has 2 aliphatic heterocycles. The number of aryl methyl sites for hydroxylation is 1. The fourth-order valence-corrected chi connectivity index (χ4v) is 5.32. The summed E-state index contributed by atoms with van der Waals surface area (Å²) in [5, 5.41) is 3.38. The SMILES string of the molecule is Cc1ccc(C2(C(=O)NC3CC4CCC(C3)N4c3ccc(C(N)=O)cn3)CC2)cc1. The summed E-state index contributed by atoms with van der Waals surface area (Å²) < 4.78 is 0. The molecule has 3 fully saturated rings. The van der Waals surface area contributed by atoms with Crippen LogP contribution < -0.4 is 16.0 Å². The average molecular weight is 405 g/mol. The van der Waals surface area contributed by atoms with Crippen molar-refractivity contribution in [3.63, 3.8) is 0 Å². The zero-order valence-corrected chi connectivity index (χ0v) is 17.3. The Balaban J connectivity index is 1.26. The van der Waals surface area contributed by atoms with Gasteiger partial charge in [0.05, 0.1) is 11.0 Å². The van der Waals surface area contributed by atoms with Crippen LogP contribution in [0, 0.1) is 6.92 Å². The molecule has 6 nitrogen and oxygen atoms in total. The topological polar surface area (TPSA) is 88.3 Å². The zero-order valence-electron chi connectivity index (χ0n) is 17.3. The first kappa shape index (κ1) is 19.1. The van der Waals surface area contributed by atoms with E-state index < -0.39 is 5.91 Å². The van der Waals surface area contributed by atoms with Crippen LogP contribution in [0.15, 0.2) is 42.6 Å². The first-order valence-corrected chi connectivity index (χ1v) is 10.9. The van der Waals surface area contributed by atoms with E-state index >= 15 is 0 Å². The van der Waals surface area contributed by atoms with Gasteiger partial charge in [-0.3, -0.25) is 9.59 Å². The Bertz CT molecular complexity index is 952. The van der Waals surface area contributed by atoms with E-state index in [1.54, 1.807) is 12.3 Å². The highest BCUT2D eigenvalue weighted by Crippen LogP contribution is 2.49. The number of hydrogen-bond acceptors (Lipinski definition) is 4. The Labute approximate surface area is 176 Å². The Morgan fingerprint density at radius 2 is 1.73 bits per heavy atom. The number of anilines is 1. The summed E-state index contributed by atoms with van der Waals surface area (Å²) in [5.74, 6) is 0.629. The standard InChI is InChI=1S/C24H28N4O2/c1-15-2-5-17(6-3-15)24(10-11-24)23(30)27-18-12-19-7-8-20(13-18)28(19)21-9-4-16(14-26-21)22(25)29/h2-6,9,14,18-20H,7-8,10-13H2,1H3,(H2,25,29)(H,27,30). The number of piperidine rings is 1. The Hall–Kier alpha value is -2.89. The van der Waals surface area contributed by atoms with Crippen LogP contribution >= 0.6 is 0 Å². The predicted octanol–water partition coefficient (Wildman–Crippen LogP) is 2.84. The fraction of sp³-hybridized carbons (Fsp3) is 0.458. The van der Waals surface area contributed by atoms with Gasteiger partial charge in [0.1, 0.15) is 5.82 Å². The number of nitrogens with zero attached hydrogens (tertiary/aromatic N) is 2. The van der Waals surface area contributed by atoms with Crippen molar-refractivity contribution >= 4 is 17.6 Å². The number of pyridine rings is 1. The average Bonchev–Trinajstić information content (AvgIpc) is 3.50. The van der Waals surface area contributed by atoms with Gasteiger partial charge in [-0.2, -0.15) is 0 Å². The van der Waals surface area contributed by atoms with Crippen LogP contribution in [-0.4, -0.2) is 34.9 Å². The quantitative estimate of drug-likeness (QED) is 0.802. The van der Waals surface area contributed by atoms with Crippen LogP contribution in [0.25, 0.3) is 0 Å². The van der Waals surface area contributed by atoms with Crippen LogP contribution in [0.3, 0.4) is 0 Å². The second-order valence-electron chi connectivity index (χ2n) is 9.15. The van der Waals surface area contributed by atoms with E-state index in [4.69, 9.17) is 5.73 Å². The van der Waals surface area contributed by atoms with Crippen molar-refractivity contribution in [2.45, 2.75) is 69.0 Å². The van der Waals surface area contributed by atoms with Crippen molar-refractivity contribution in [1.29, 1.82) is 0 Å². The monoisotopic (exact) mass is 404 g/mol. The maximum Gasteiger partial charge on any atom is 0.250 e. The van der Waals surface area contributed by atoms with E-state index in [1.807, 2.05) is 6.07 Å². The zero-order chi connectivity index (χ0) is 20.9. The molecule has 2 atom stereocenters. The van der Waals surface area contributed by atoms with E-state index in [0.29, 0.717) is 17.6 Å². The molecule has 0 spiro atoms. The van der Waals surface area contributed by atoms with Gasteiger partial charge in [0, 0.05) is 24.3 Å². The molecule has 0 radical (unpaired) electrons. The maximum atomic E-state index is 13.2. The van der Waals surface area contributed by atoms with Crippen molar-refractivity contribution in [2.24, 2.45) is 5.73 Å². The van der Waals surface area contributed by atoms with Crippen LogP contribution in [0.1, 0.15) is 60.0 Å². The van der Waals surface area contributed by atoms with Gasteiger partial charge in [-0.05, 0) is 63.1 Å². The lowest BCUT2D eigenvalue weighted by molar-refractivity contribution is -0.124. The summed E-state index contributed by atoms with van der Waals surface area (Å²) in [6.45, 7) is 2.07. The van der Waals surface area contributed by atoms with Gasteiger partial charge < -0.3 is 16.0 Å². The molecule has 2 saturated heterocycles. The molecule has 3 aliphatic rings. The number of nitrogens with two attached hydrogens (primary N) is 1. The molecule has 3 N–H and O–H groups in total. The number of fused-ring (bicyclic) bond motifs is 2. The highest BCUT2D eigenvalue weighted by molar-refractivity contribution is 5.92. The summed E-state index contributed by atoms with van der Waals surface area (Å²) in [6.07, 6.45) is 7.52. The van der Waals surface area contributed by atoms with E-state index in [0.717, 1.165) is 49.9 Å². The minimum absolute atomic E-state index is 0.188. The Morgan fingerprint density at radius 1 is 1.07 bits per heavy atom. The summed E-state index contributed by atoms with van der Waals surface area (Å²) >= 11 is 0. The Morgan fingerprint density at radius 3 is 2.27 bits per heavy atom. The molecule has 5 rings (SSSR count). The first-order chi connectivity index (χ1) is 14.5. The van der Waals surface area contributed by atoms with Crippen LogP contribution in [0.5, 0.6) is 0 Å². The highest BCUT2D eigenvalue weighted by Gasteiger charge is 2.52. The number of carbonyl (C=O) groups is 2. The van der Waals surface area contributed by atoms with Gasteiger partial charge in [-0.1, -0.05) is 29.8 Å². The fourth-order valence-electron chi connectivity index (χ4n) is 5.32.